The molecule has 2 heterocycles. The van der Waals surface area contributed by atoms with E-state index in [1.165, 1.54) is 5.56 Å². The van der Waals surface area contributed by atoms with Gasteiger partial charge in [0.15, 0.2) is 0 Å². The van der Waals surface area contributed by atoms with E-state index in [9.17, 15) is 0 Å². The molecular formula is C12H15N5. The van der Waals surface area contributed by atoms with Crippen LogP contribution in [0.4, 0.5) is 11.8 Å². The van der Waals surface area contributed by atoms with E-state index in [0.717, 1.165) is 17.2 Å². The van der Waals surface area contributed by atoms with Crippen molar-refractivity contribution in [1.29, 1.82) is 0 Å². The molecule has 0 unspecified atom stereocenters. The predicted octanol–water partition coefficient (Wildman–Crippen LogP) is 1.68. The highest BCUT2D eigenvalue weighted by molar-refractivity contribution is 5.40. The lowest BCUT2D eigenvalue weighted by Gasteiger charge is -2.06. The summed E-state index contributed by atoms with van der Waals surface area (Å²) in [5, 5.41) is 3.18. The molecule has 88 valence electrons. The average molecular weight is 229 g/mol. The van der Waals surface area contributed by atoms with E-state index >= 15 is 0 Å². The van der Waals surface area contributed by atoms with Gasteiger partial charge in [0.2, 0.25) is 5.95 Å². The number of aryl methyl sites for hydroxylation is 2. The normalized spacial score (nSPS) is 10.2. The second-order valence-electron chi connectivity index (χ2n) is 3.93. The van der Waals surface area contributed by atoms with Crippen LogP contribution < -0.4 is 11.1 Å². The minimum Gasteiger partial charge on any atom is -0.368 e. The van der Waals surface area contributed by atoms with Gasteiger partial charge in [0, 0.05) is 18.0 Å². The van der Waals surface area contributed by atoms with Crippen LogP contribution in [0.5, 0.6) is 0 Å². The fraction of sp³-hybridized carbons (Fsp3) is 0.250. The first-order chi connectivity index (χ1) is 8.13. The van der Waals surface area contributed by atoms with Gasteiger partial charge in [0.05, 0.1) is 12.2 Å². The minimum absolute atomic E-state index is 0.282. The zero-order valence-electron chi connectivity index (χ0n) is 9.94. The van der Waals surface area contributed by atoms with Crippen molar-refractivity contribution in [1.82, 2.24) is 15.0 Å². The number of nitrogens with one attached hydrogen (secondary N) is 1. The van der Waals surface area contributed by atoms with Gasteiger partial charge in [-0.3, -0.25) is 4.98 Å². The Bertz CT molecular complexity index is 504. The minimum atomic E-state index is 0.282. The van der Waals surface area contributed by atoms with E-state index in [-0.39, 0.29) is 5.95 Å². The summed E-state index contributed by atoms with van der Waals surface area (Å²) in [6.45, 7) is 4.55. The largest absolute Gasteiger partial charge is 0.368 e. The summed E-state index contributed by atoms with van der Waals surface area (Å²) in [6.07, 6.45) is 1.80. The average Bonchev–Trinajstić information content (AvgIpc) is 2.25. The molecule has 0 saturated carbocycles. The van der Waals surface area contributed by atoms with Crippen LogP contribution >= 0.6 is 0 Å². The van der Waals surface area contributed by atoms with Crippen LogP contribution in [0.1, 0.15) is 17.0 Å². The molecular weight excluding hydrogens is 214 g/mol. The molecule has 0 aliphatic heterocycles. The van der Waals surface area contributed by atoms with Crippen molar-refractivity contribution >= 4 is 11.8 Å². The van der Waals surface area contributed by atoms with Crippen LogP contribution in [0.3, 0.4) is 0 Å². The van der Waals surface area contributed by atoms with Gasteiger partial charge in [-0.2, -0.15) is 4.98 Å². The first-order valence-electron chi connectivity index (χ1n) is 5.40. The number of nitrogen functional groups attached to an aromatic ring is 1. The Morgan fingerprint density at radius 3 is 2.76 bits per heavy atom. The lowest BCUT2D eigenvalue weighted by molar-refractivity contribution is 1.01. The van der Waals surface area contributed by atoms with Crippen LogP contribution in [-0.2, 0) is 6.54 Å². The molecule has 5 heteroatoms. The SMILES string of the molecule is Cc1ccnc(CNc2cc(C)nc(N)n2)c1. The van der Waals surface area contributed by atoms with Gasteiger partial charge in [0.1, 0.15) is 5.82 Å². The molecule has 0 fully saturated rings. The number of rotatable bonds is 3. The Labute approximate surface area is 100 Å². The number of nitrogens with zero attached hydrogens (tertiary/aromatic N) is 3. The van der Waals surface area contributed by atoms with Crippen LogP contribution in [-0.4, -0.2) is 15.0 Å². The van der Waals surface area contributed by atoms with Crippen molar-refractivity contribution in [3.8, 4) is 0 Å². The molecule has 0 atom stereocenters. The van der Waals surface area contributed by atoms with Crippen molar-refractivity contribution in [3.05, 3.63) is 41.3 Å². The summed E-state index contributed by atoms with van der Waals surface area (Å²) in [6, 6.07) is 5.85. The lowest BCUT2D eigenvalue weighted by atomic mass is 10.2. The molecule has 2 rings (SSSR count). The smallest absolute Gasteiger partial charge is 0.222 e. The number of nitrogens with two attached hydrogens (primary N) is 1. The van der Waals surface area contributed by atoms with Crippen LogP contribution in [0.25, 0.3) is 0 Å². The highest BCUT2D eigenvalue weighted by Gasteiger charge is 2.00. The number of hydrogen-bond acceptors (Lipinski definition) is 5. The lowest BCUT2D eigenvalue weighted by Crippen LogP contribution is -2.06. The maximum atomic E-state index is 5.57. The molecule has 2 aromatic rings. The summed E-state index contributed by atoms with van der Waals surface area (Å²) in [5.41, 5.74) is 8.58. The van der Waals surface area contributed by atoms with Crippen molar-refractivity contribution < 1.29 is 0 Å². The molecule has 0 aliphatic rings. The molecule has 3 N–H and O–H groups in total. The first-order valence-corrected chi connectivity index (χ1v) is 5.40. The van der Waals surface area contributed by atoms with Crippen molar-refractivity contribution in [2.45, 2.75) is 20.4 Å². The van der Waals surface area contributed by atoms with E-state index in [0.29, 0.717) is 6.54 Å². The Kier molecular flexibility index (Phi) is 3.18. The third-order valence-corrected chi connectivity index (χ3v) is 2.29. The zero-order valence-corrected chi connectivity index (χ0v) is 9.94. The third-order valence-electron chi connectivity index (χ3n) is 2.29. The summed E-state index contributed by atoms with van der Waals surface area (Å²) in [5.74, 6) is 1.00. The van der Waals surface area contributed by atoms with Crippen LogP contribution in [0.15, 0.2) is 24.4 Å². The van der Waals surface area contributed by atoms with Gasteiger partial charge >= 0.3 is 0 Å². The first kappa shape index (κ1) is 11.3. The summed E-state index contributed by atoms with van der Waals surface area (Å²) >= 11 is 0. The number of anilines is 2. The van der Waals surface area contributed by atoms with Gasteiger partial charge in [-0.1, -0.05) is 0 Å². The Balaban J connectivity index is 2.07. The number of pyridine rings is 1. The second kappa shape index (κ2) is 4.78. The Morgan fingerprint density at radius 1 is 1.24 bits per heavy atom. The van der Waals surface area contributed by atoms with Gasteiger partial charge in [-0.25, -0.2) is 4.98 Å². The Morgan fingerprint density at radius 2 is 2.06 bits per heavy atom. The summed E-state index contributed by atoms with van der Waals surface area (Å²) in [4.78, 5) is 12.4. The second-order valence-corrected chi connectivity index (χ2v) is 3.93. The van der Waals surface area contributed by atoms with Crippen LogP contribution in [0, 0.1) is 13.8 Å². The molecule has 0 saturated heterocycles. The molecule has 0 spiro atoms. The molecule has 0 aliphatic carbocycles. The summed E-state index contributed by atoms with van der Waals surface area (Å²) in [7, 11) is 0. The molecule has 0 aromatic carbocycles. The van der Waals surface area contributed by atoms with Gasteiger partial charge < -0.3 is 11.1 Å². The van der Waals surface area contributed by atoms with Crippen molar-refractivity contribution in [2.24, 2.45) is 0 Å². The molecule has 0 bridgehead atoms. The molecule has 0 amide bonds. The zero-order chi connectivity index (χ0) is 12.3. The molecule has 2 aromatic heterocycles. The maximum Gasteiger partial charge on any atom is 0.222 e. The number of aromatic nitrogens is 3. The summed E-state index contributed by atoms with van der Waals surface area (Å²) < 4.78 is 0. The van der Waals surface area contributed by atoms with E-state index < -0.39 is 0 Å². The monoisotopic (exact) mass is 229 g/mol. The van der Waals surface area contributed by atoms with Crippen LogP contribution in [0.2, 0.25) is 0 Å². The van der Waals surface area contributed by atoms with E-state index in [4.69, 9.17) is 5.73 Å². The van der Waals surface area contributed by atoms with Crippen molar-refractivity contribution in [2.75, 3.05) is 11.1 Å². The Hall–Kier alpha value is -2.17. The van der Waals surface area contributed by atoms with Gasteiger partial charge in [-0.15, -0.1) is 0 Å². The molecule has 0 radical (unpaired) electrons. The third kappa shape index (κ3) is 3.14. The van der Waals surface area contributed by atoms with E-state index in [2.05, 4.69) is 20.3 Å². The topological polar surface area (TPSA) is 76.7 Å². The van der Waals surface area contributed by atoms with Crippen molar-refractivity contribution in [3.63, 3.8) is 0 Å². The molecule has 17 heavy (non-hydrogen) atoms. The van der Waals surface area contributed by atoms with E-state index in [1.54, 1.807) is 6.20 Å². The highest BCUT2D eigenvalue weighted by Crippen LogP contribution is 2.09. The standard InChI is InChI=1S/C12H15N5/c1-8-3-4-14-10(5-8)7-15-11-6-9(2)16-12(13)17-11/h3-6H,7H2,1-2H3,(H3,13,15,16,17). The quantitative estimate of drug-likeness (QED) is 0.837. The van der Waals surface area contributed by atoms with Gasteiger partial charge in [-0.05, 0) is 31.5 Å². The fourth-order valence-corrected chi connectivity index (χ4v) is 1.56. The fourth-order valence-electron chi connectivity index (χ4n) is 1.56. The van der Waals surface area contributed by atoms with E-state index in [1.807, 2.05) is 32.0 Å². The van der Waals surface area contributed by atoms with Gasteiger partial charge in [0.25, 0.3) is 0 Å². The molecule has 5 nitrogen and oxygen atoms in total. The maximum absolute atomic E-state index is 5.57. The number of hydrogen-bond donors (Lipinski definition) is 2. The predicted molar refractivity (Wildman–Crippen MR) is 67.5 cm³/mol. The highest BCUT2D eigenvalue weighted by atomic mass is 15.1.